The Morgan fingerprint density at radius 3 is 2.47 bits per heavy atom. The Morgan fingerprint density at radius 2 is 1.74 bits per heavy atom. The fraction of sp³-hybridized carbons (Fsp3) is 0.160. The summed E-state index contributed by atoms with van der Waals surface area (Å²) in [5, 5.41) is 16.2. The standard InChI is InChI=1S/C25H24ClN5O2S/c1-2-33-20-14-12-18(13-15-20)28-24(32)17-34-25-30-29-23(31(25)19-8-4-3-5-9-19)16-27-22-11-7-6-10-21(22)26/h3-15,27H,2,16-17H2,1H3,(H,28,32). The van der Waals surface area contributed by atoms with E-state index in [0.717, 1.165) is 17.1 Å². The van der Waals surface area contributed by atoms with Crippen LogP contribution in [-0.4, -0.2) is 33.0 Å². The van der Waals surface area contributed by atoms with Gasteiger partial charge in [-0.2, -0.15) is 0 Å². The third-order valence-corrected chi connectivity index (χ3v) is 6.07. The summed E-state index contributed by atoms with van der Waals surface area (Å²) < 4.78 is 7.38. The maximum absolute atomic E-state index is 12.6. The first kappa shape index (κ1) is 23.7. The number of hydrogen-bond donors (Lipinski definition) is 2. The minimum absolute atomic E-state index is 0.132. The van der Waals surface area contributed by atoms with E-state index in [1.54, 1.807) is 0 Å². The zero-order valence-corrected chi connectivity index (χ0v) is 20.1. The van der Waals surface area contributed by atoms with Crippen LogP contribution in [-0.2, 0) is 11.3 Å². The SMILES string of the molecule is CCOc1ccc(NC(=O)CSc2nnc(CNc3ccccc3Cl)n2-c2ccccc2)cc1. The number of carbonyl (C=O) groups excluding carboxylic acids is 1. The number of halogens is 1. The predicted molar refractivity (Wildman–Crippen MR) is 137 cm³/mol. The minimum Gasteiger partial charge on any atom is -0.494 e. The summed E-state index contributed by atoms with van der Waals surface area (Å²) in [7, 11) is 0. The van der Waals surface area contributed by atoms with Crippen molar-refractivity contribution in [1.29, 1.82) is 0 Å². The van der Waals surface area contributed by atoms with Crippen molar-refractivity contribution >= 4 is 40.6 Å². The minimum atomic E-state index is -0.132. The molecular weight excluding hydrogens is 470 g/mol. The second kappa shape index (κ2) is 11.6. The van der Waals surface area contributed by atoms with Gasteiger partial charge in [-0.1, -0.05) is 53.7 Å². The molecule has 174 valence electrons. The molecule has 1 amide bonds. The lowest BCUT2D eigenvalue weighted by Gasteiger charge is -2.12. The first-order valence-corrected chi connectivity index (χ1v) is 12.1. The lowest BCUT2D eigenvalue weighted by atomic mass is 10.3. The molecule has 0 aliphatic heterocycles. The van der Waals surface area contributed by atoms with E-state index < -0.39 is 0 Å². The fourth-order valence-corrected chi connectivity index (χ4v) is 4.23. The normalized spacial score (nSPS) is 10.6. The van der Waals surface area contributed by atoms with E-state index in [4.69, 9.17) is 16.3 Å². The molecule has 0 radical (unpaired) electrons. The van der Waals surface area contributed by atoms with Crippen molar-refractivity contribution in [3.8, 4) is 11.4 Å². The average Bonchev–Trinajstić information content (AvgIpc) is 3.27. The Labute approximate surface area is 207 Å². The molecule has 9 heteroatoms. The lowest BCUT2D eigenvalue weighted by molar-refractivity contribution is -0.113. The van der Waals surface area contributed by atoms with Gasteiger partial charge in [-0.05, 0) is 55.5 Å². The summed E-state index contributed by atoms with van der Waals surface area (Å²) in [5.74, 6) is 1.53. The number of benzene rings is 3. The monoisotopic (exact) mass is 493 g/mol. The molecule has 1 aromatic heterocycles. The van der Waals surface area contributed by atoms with Crippen LogP contribution in [0.1, 0.15) is 12.7 Å². The van der Waals surface area contributed by atoms with Crippen LogP contribution in [0.15, 0.2) is 84.0 Å². The first-order chi connectivity index (χ1) is 16.6. The van der Waals surface area contributed by atoms with E-state index in [9.17, 15) is 4.79 Å². The molecule has 0 unspecified atom stereocenters. The highest BCUT2D eigenvalue weighted by Crippen LogP contribution is 2.25. The number of thioether (sulfide) groups is 1. The topological polar surface area (TPSA) is 81.1 Å². The molecule has 0 atom stereocenters. The molecule has 4 rings (SSSR count). The van der Waals surface area contributed by atoms with E-state index in [0.29, 0.717) is 34.8 Å². The van der Waals surface area contributed by atoms with Gasteiger partial charge in [-0.25, -0.2) is 0 Å². The summed E-state index contributed by atoms with van der Waals surface area (Å²) in [4.78, 5) is 12.6. The quantitative estimate of drug-likeness (QED) is 0.277. The van der Waals surface area contributed by atoms with Crippen LogP contribution in [0.2, 0.25) is 5.02 Å². The average molecular weight is 494 g/mol. The Morgan fingerprint density at radius 1 is 1.00 bits per heavy atom. The van der Waals surface area contributed by atoms with Crippen molar-refractivity contribution in [1.82, 2.24) is 14.8 Å². The number of anilines is 2. The molecule has 2 N–H and O–H groups in total. The van der Waals surface area contributed by atoms with Crippen molar-refractivity contribution in [2.45, 2.75) is 18.6 Å². The van der Waals surface area contributed by atoms with Crippen molar-refractivity contribution in [2.75, 3.05) is 23.0 Å². The Kier molecular flexibility index (Phi) is 8.06. The summed E-state index contributed by atoms with van der Waals surface area (Å²) in [6.45, 7) is 2.95. The summed E-state index contributed by atoms with van der Waals surface area (Å²) in [6.07, 6.45) is 0. The van der Waals surface area contributed by atoms with Gasteiger partial charge in [0.2, 0.25) is 5.91 Å². The van der Waals surface area contributed by atoms with E-state index in [1.807, 2.05) is 90.4 Å². The number of nitrogens with zero attached hydrogens (tertiary/aromatic N) is 3. The zero-order valence-electron chi connectivity index (χ0n) is 18.6. The van der Waals surface area contributed by atoms with Crippen LogP contribution in [0.3, 0.4) is 0 Å². The van der Waals surface area contributed by atoms with Gasteiger partial charge in [0.1, 0.15) is 5.75 Å². The van der Waals surface area contributed by atoms with Crippen LogP contribution in [0.4, 0.5) is 11.4 Å². The molecule has 0 bridgehead atoms. The highest BCUT2D eigenvalue weighted by Gasteiger charge is 2.16. The van der Waals surface area contributed by atoms with Crippen LogP contribution >= 0.6 is 23.4 Å². The van der Waals surface area contributed by atoms with Gasteiger partial charge in [-0.15, -0.1) is 10.2 Å². The maximum Gasteiger partial charge on any atom is 0.234 e. The molecule has 4 aromatic rings. The molecule has 0 aliphatic carbocycles. The second-order valence-corrected chi connectivity index (χ2v) is 8.55. The number of aromatic nitrogens is 3. The van der Waals surface area contributed by atoms with Crippen LogP contribution < -0.4 is 15.4 Å². The number of nitrogens with one attached hydrogen (secondary N) is 2. The number of carbonyl (C=O) groups is 1. The van der Waals surface area contributed by atoms with E-state index in [-0.39, 0.29) is 11.7 Å². The van der Waals surface area contributed by atoms with E-state index >= 15 is 0 Å². The van der Waals surface area contributed by atoms with E-state index in [1.165, 1.54) is 11.8 Å². The molecule has 0 aliphatic rings. The van der Waals surface area contributed by atoms with Gasteiger partial charge in [-0.3, -0.25) is 9.36 Å². The van der Waals surface area contributed by atoms with Crippen molar-refractivity contribution in [3.63, 3.8) is 0 Å². The van der Waals surface area contributed by atoms with Crippen LogP contribution in [0, 0.1) is 0 Å². The lowest BCUT2D eigenvalue weighted by Crippen LogP contribution is -2.15. The van der Waals surface area contributed by atoms with Gasteiger partial charge >= 0.3 is 0 Å². The maximum atomic E-state index is 12.6. The fourth-order valence-electron chi connectivity index (χ4n) is 3.25. The summed E-state index contributed by atoms with van der Waals surface area (Å²) >= 11 is 7.59. The number of amides is 1. The van der Waals surface area contributed by atoms with Crippen LogP contribution in [0.25, 0.3) is 5.69 Å². The number of para-hydroxylation sites is 2. The van der Waals surface area contributed by atoms with Crippen molar-refractivity contribution < 1.29 is 9.53 Å². The molecule has 3 aromatic carbocycles. The largest absolute Gasteiger partial charge is 0.494 e. The molecule has 34 heavy (non-hydrogen) atoms. The third-order valence-electron chi connectivity index (χ3n) is 4.81. The van der Waals surface area contributed by atoms with Crippen molar-refractivity contribution in [2.24, 2.45) is 0 Å². The highest BCUT2D eigenvalue weighted by molar-refractivity contribution is 7.99. The second-order valence-electron chi connectivity index (χ2n) is 7.20. The van der Waals surface area contributed by atoms with Gasteiger partial charge in [0.15, 0.2) is 11.0 Å². The predicted octanol–water partition coefficient (Wildman–Crippen LogP) is 5.66. The summed E-state index contributed by atoms with van der Waals surface area (Å²) in [5.41, 5.74) is 2.44. The number of hydrogen-bond acceptors (Lipinski definition) is 6. The smallest absolute Gasteiger partial charge is 0.234 e. The Balaban J connectivity index is 1.45. The Hall–Kier alpha value is -3.49. The highest BCUT2D eigenvalue weighted by atomic mass is 35.5. The van der Waals surface area contributed by atoms with Crippen molar-refractivity contribution in [3.05, 3.63) is 89.7 Å². The van der Waals surface area contributed by atoms with Gasteiger partial charge < -0.3 is 15.4 Å². The van der Waals surface area contributed by atoms with Gasteiger partial charge in [0.05, 0.1) is 29.6 Å². The van der Waals surface area contributed by atoms with Crippen LogP contribution in [0.5, 0.6) is 5.75 Å². The van der Waals surface area contributed by atoms with E-state index in [2.05, 4.69) is 20.8 Å². The molecule has 1 heterocycles. The molecule has 0 fully saturated rings. The number of ether oxygens (including phenoxy) is 1. The first-order valence-electron chi connectivity index (χ1n) is 10.8. The molecule has 0 saturated heterocycles. The van der Waals surface area contributed by atoms with Gasteiger partial charge in [0.25, 0.3) is 0 Å². The Bertz CT molecular complexity index is 1230. The number of rotatable bonds is 10. The third kappa shape index (κ3) is 6.09. The molecule has 0 spiro atoms. The molecular formula is C25H24ClN5O2S. The zero-order chi connectivity index (χ0) is 23.8. The molecule has 0 saturated carbocycles. The summed E-state index contributed by atoms with van der Waals surface area (Å²) in [6, 6.07) is 24.6. The molecule has 7 nitrogen and oxygen atoms in total. The van der Waals surface area contributed by atoms with Gasteiger partial charge in [0, 0.05) is 11.4 Å².